The Morgan fingerprint density at radius 2 is 1.52 bits per heavy atom. The van der Waals surface area contributed by atoms with Gasteiger partial charge in [-0.05, 0) is 58.6 Å². The third-order valence-corrected chi connectivity index (χ3v) is 4.61. The van der Waals surface area contributed by atoms with Gasteiger partial charge in [-0.25, -0.2) is 0 Å². The highest BCUT2D eigenvalue weighted by atomic mass is 16.5. The Kier molecular flexibility index (Phi) is 4.48. The summed E-state index contributed by atoms with van der Waals surface area (Å²) in [5, 5.41) is 0. The second-order valence-corrected chi connectivity index (χ2v) is 7.69. The average molecular weight is 308 g/mol. The quantitative estimate of drug-likeness (QED) is 0.590. The predicted octanol–water partition coefficient (Wildman–Crippen LogP) is 5.66. The maximum absolute atomic E-state index is 5.71. The number of hydrogen-bond donors (Lipinski definition) is 0. The van der Waals surface area contributed by atoms with Crippen molar-refractivity contribution in [2.24, 2.45) is 11.8 Å². The molecule has 1 heteroatoms. The van der Waals surface area contributed by atoms with Gasteiger partial charge in [0.05, 0.1) is 7.11 Å². The Morgan fingerprint density at radius 1 is 0.870 bits per heavy atom. The predicted molar refractivity (Wildman–Crippen MR) is 98.3 cm³/mol. The van der Waals surface area contributed by atoms with E-state index in [1.807, 2.05) is 0 Å². The van der Waals surface area contributed by atoms with Crippen molar-refractivity contribution >= 4 is 0 Å². The molecule has 2 aromatic carbocycles. The minimum absolute atomic E-state index is 0.658. The van der Waals surface area contributed by atoms with Crippen LogP contribution in [0.15, 0.2) is 30.3 Å². The van der Waals surface area contributed by atoms with Crippen molar-refractivity contribution in [2.75, 3.05) is 7.11 Å². The number of hydrogen-bond acceptors (Lipinski definition) is 1. The molecular weight excluding hydrogens is 280 g/mol. The molecule has 23 heavy (non-hydrogen) atoms. The highest BCUT2D eigenvalue weighted by Crippen LogP contribution is 2.43. The van der Waals surface area contributed by atoms with E-state index in [-0.39, 0.29) is 0 Å². The van der Waals surface area contributed by atoms with Gasteiger partial charge in [0.15, 0.2) is 0 Å². The zero-order valence-electron chi connectivity index (χ0n) is 15.1. The van der Waals surface area contributed by atoms with Gasteiger partial charge in [0, 0.05) is 12.0 Å². The van der Waals surface area contributed by atoms with Crippen molar-refractivity contribution in [2.45, 2.75) is 47.0 Å². The van der Waals surface area contributed by atoms with E-state index >= 15 is 0 Å². The number of fused-ring (bicyclic) bond motifs is 3. The summed E-state index contributed by atoms with van der Waals surface area (Å²) >= 11 is 0. The zero-order chi connectivity index (χ0) is 16.6. The summed E-state index contributed by atoms with van der Waals surface area (Å²) in [6, 6.07) is 11.6. The van der Waals surface area contributed by atoms with E-state index in [0.29, 0.717) is 11.8 Å². The Morgan fingerprint density at radius 3 is 2.17 bits per heavy atom. The standard InChI is InChI=1S/C22H28O/c1-14(2)8-16-6-7-18-13-21-20(19(18)10-16)11-17(9-15(3)4)12-22(21)23-5/h6-7,10-12,14-15H,8-9,13H2,1-5H3. The second-order valence-electron chi connectivity index (χ2n) is 7.69. The van der Waals surface area contributed by atoms with Gasteiger partial charge in [-0.3, -0.25) is 0 Å². The van der Waals surface area contributed by atoms with E-state index in [1.54, 1.807) is 7.11 Å². The summed E-state index contributed by atoms with van der Waals surface area (Å²) in [5.74, 6) is 2.40. The van der Waals surface area contributed by atoms with Crippen LogP contribution in [0, 0.1) is 11.8 Å². The highest BCUT2D eigenvalue weighted by Gasteiger charge is 2.23. The maximum Gasteiger partial charge on any atom is 0.123 e. The van der Waals surface area contributed by atoms with Crippen LogP contribution in [0.3, 0.4) is 0 Å². The topological polar surface area (TPSA) is 9.23 Å². The van der Waals surface area contributed by atoms with Gasteiger partial charge in [0.2, 0.25) is 0 Å². The molecule has 0 aliphatic heterocycles. The fraction of sp³-hybridized carbons (Fsp3) is 0.455. The first-order valence-corrected chi connectivity index (χ1v) is 8.80. The van der Waals surface area contributed by atoms with Crippen LogP contribution < -0.4 is 4.74 Å². The third-order valence-electron chi connectivity index (χ3n) is 4.61. The summed E-state index contributed by atoms with van der Waals surface area (Å²) in [5.41, 5.74) is 8.43. The number of ether oxygens (including phenoxy) is 1. The lowest BCUT2D eigenvalue weighted by atomic mass is 9.95. The van der Waals surface area contributed by atoms with Crippen LogP contribution in [0.25, 0.3) is 11.1 Å². The van der Waals surface area contributed by atoms with Crippen LogP contribution in [-0.4, -0.2) is 7.11 Å². The highest BCUT2D eigenvalue weighted by molar-refractivity contribution is 5.80. The lowest BCUT2D eigenvalue weighted by Gasteiger charge is -2.13. The van der Waals surface area contributed by atoms with Crippen molar-refractivity contribution in [3.63, 3.8) is 0 Å². The molecule has 3 rings (SSSR count). The summed E-state index contributed by atoms with van der Waals surface area (Å²) < 4.78 is 5.71. The normalized spacial score (nSPS) is 12.7. The Bertz CT molecular complexity index is 710. The number of methoxy groups -OCH3 is 1. The van der Waals surface area contributed by atoms with Crippen LogP contribution in [-0.2, 0) is 19.3 Å². The molecule has 0 heterocycles. The molecule has 1 aliphatic rings. The molecule has 2 aromatic rings. The Labute approximate surface area is 140 Å². The Balaban J connectivity index is 2.06. The molecule has 122 valence electrons. The Hall–Kier alpha value is -1.76. The van der Waals surface area contributed by atoms with Crippen LogP contribution in [0.5, 0.6) is 5.75 Å². The summed E-state index contributed by atoms with van der Waals surface area (Å²) in [6.45, 7) is 9.11. The summed E-state index contributed by atoms with van der Waals surface area (Å²) in [4.78, 5) is 0. The van der Waals surface area contributed by atoms with Crippen molar-refractivity contribution < 1.29 is 4.74 Å². The molecule has 0 fully saturated rings. The van der Waals surface area contributed by atoms with E-state index < -0.39 is 0 Å². The monoisotopic (exact) mass is 308 g/mol. The molecule has 0 amide bonds. The molecule has 1 nitrogen and oxygen atoms in total. The van der Waals surface area contributed by atoms with Gasteiger partial charge in [-0.15, -0.1) is 0 Å². The van der Waals surface area contributed by atoms with Crippen molar-refractivity contribution in [1.82, 2.24) is 0 Å². The van der Waals surface area contributed by atoms with Crippen LogP contribution in [0.4, 0.5) is 0 Å². The molecule has 0 bridgehead atoms. The van der Waals surface area contributed by atoms with E-state index in [2.05, 4.69) is 58.0 Å². The van der Waals surface area contributed by atoms with Crippen molar-refractivity contribution in [1.29, 1.82) is 0 Å². The first-order chi connectivity index (χ1) is 11.0. The van der Waals surface area contributed by atoms with E-state index in [4.69, 9.17) is 4.74 Å². The number of benzene rings is 2. The SMILES string of the molecule is COc1cc(CC(C)C)cc2c1Cc1ccc(CC(C)C)cc1-2. The van der Waals surface area contributed by atoms with E-state index in [0.717, 1.165) is 25.0 Å². The fourth-order valence-electron chi connectivity index (χ4n) is 3.71. The summed E-state index contributed by atoms with van der Waals surface area (Å²) in [6.07, 6.45) is 3.24. The van der Waals surface area contributed by atoms with Gasteiger partial charge in [-0.2, -0.15) is 0 Å². The van der Waals surface area contributed by atoms with E-state index in [1.165, 1.54) is 33.4 Å². The van der Waals surface area contributed by atoms with Gasteiger partial charge in [-0.1, -0.05) is 52.0 Å². The molecule has 0 unspecified atom stereocenters. The third kappa shape index (κ3) is 3.29. The van der Waals surface area contributed by atoms with E-state index in [9.17, 15) is 0 Å². The molecule has 0 aromatic heterocycles. The molecule has 0 radical (unpaired) electrons. The van der Waals surface area contributed by atoms with Crippen molar-refractivity contribution in [3.05, 3.63) is 52.6 Å². The fourth-order valence-corrected chi connectivity index (χ4v) is 3.71. The lowest BCUT2D eigenvalue weighted by Crippen LogP contribution is -1.98. The lowest BCUT2D eigenvalue weighted by molar-refractivity contribution is 0.410. The minimum Gasteiger partial charge on any atom is -0.496 e. The first-order valence-electron chi connectivity index (χ1n) is 8.80. The molecule has 0 atom stereocenters. The molecular formula is C22H28O. The molecule has 0 spiro atoms. The minimum atomic E-state index is 0.658. The zero-order valence-corrected chi connectivity index (χ0v) is 15.1. The molecule has 0 saturated carbocycles. The van der Waals surface area contributed by atoms with Gasteiger partial charge in [0.25, 0.3) is 0 Å². The van der Waals surface area contributed by atoms with Gasteiger partial charge in [0.1, 0.15) is 5.75 Å². The second kappa shape index (κ2) is 6.39. The van der Waals surface area contributed by atoms with Crippen molar-refractivity contribution in [3.8, 4) is 16.9 Å². The van der Waals surface area contributed by atoms with Crippen LogP contribution >= 0.6 is 0 Å². The smallest absolute Gasteiger partial charge is 0.123 e. The average Bonchev–Trinajstić information content (AvgIpc) is 2.83. The molecule has 0 saturated heterocycles. The molecule has 0 N–H and O–H groups in total. The van der Waals surface area contributed by atoms with Crippen LogP contribution in [0.2, 0.25) is 0 Å². The van der Waals surface area contributed by atoms with Gasteiger partial charge >= 0.3 is 0 Å². The first kappa shape index (κ1) is 16.1. The van der Waals surface area contributed by atoms with Gasteiger partial charge < -0.3 is 4.74 Å². The largest absolute Gasteiger partial charge is 0.496 e. The molecule has 1 aliphatic carbocycles. The van der Waals surface area contributed by atoms with Crippen LogP contribution in [0.1, 0.15) is 49.9 Å². The number of rotatable bonds is 5. The maximum atomic E-state index is 5.71. The summed E-state index contributed by atoms with van der Waals surface area (Å²) in [7, 11) is 1.79.